The molecule has 1 heterocycles. The molecule has 0 aromatic heterocycles. The highest BCUT2D eigenvalue weighted by atomic mass is 16.4. The second-order valence-corrected chi connectivity index (χ2v) is 6.72. The fraction of sp³-hybridized carbons (Fsp3) is 0.455. The Hall–Kier alpha value is -2.58. The minimum absolute atomic E-state index is 0.00435. The zero-order valence-corrected chi connectivity index (χ0v) is 15.5. The number of amides is 1. The molecule has 2 rings (SSSR count). The molecular formula is C22H27NO4. The topological polar surface area (TPSA) is 77.8 Å². The van der Waals surface area contributed by atoms with E-state index in [1.165, 1.54) is 0 Å². The van der Waals surface area contributed by atoms with Gasteiger partial charge in [0, 0.05) is 24.9 Å². The van der Waals surface area contributed by atoms with Crippen LogP contribution < -0.4 is 0 Å². The summed E-state index contributed by atoms with van der Waals surface area (Å²) in [5.74, 6) is 5.10. The monoisotopic (exact) mass is 369 g/mol. The number of nitrogens with zero attached hydrogens (tertiary/aromatic N) is 1. The molecular weight excluding hydrogens is 342 g/mol. The van der Waals surface area contributed by atoms with Gasteiger partial charge in [0.25, 0.3) is 0 Å². The molecule has 1 aliphatic rings. The van der Waals surface area contributed by atoms with Gasteiger partial charge in [0.1, 0.15) is 6.10 Å². The number of unbranched alkanes of at least 4 members (excludes halogenated alkanes) is 3. The van der Waals surface area contributed by atoms with Crippen molar-refractivity contribution in [2.24, 2.45) is 0 Å². The Labute approximate surface area is 160 Å². The number of aliphatic hydroxyl groups excluding tert-OH is 1. The molecule has 5 heteroatoms. The highest BCUT2D eigenvalue weighted by molar-refractivity contribution is 5.79. The van der Waals surface area contributed by atoms with E-state index in [-0.39, 0.29) is 18.4 Å². The molecule has 0 spiro atoms. The van der Waals surface area contributed by atoms with Crippen molar-refractivity contribution in [2.45, 2.75) is 57.1 Å². The second-order valence-electron chi connectivity index (χ2n) is 6.72. The molecule has 0 radical (unpaired) electrons. The van der Waals surface area contributed by atoms with Crippen LogP contribution in [0.2, 0.25) is 0 Å². The molecule has 2 N–H and O–H groups in total. The number of hydrogen-bond acceptors (Lipinski definition) is 3. The van der Waals surface area contributed by atoms with Gasteiger partial charge in [-0.2, -0.15) is 0 Å². The van der Waals surface area contributed by atoms with Crippen LogP contribution in [0.4, 0.5) is 0 Å². The molecule has 1 saturated heterocycles. The maximum Gasteiger partial charge on any atom is 0.303 e. The Bertz CT molecular complexity index is 702. The summed E-state index contributed by atoms with van der Waals surface area (Å²) in [4.78, 5) is 24.4. The fourth-order valence-electron chi connectivity index (χ4n) is 3.12. The van der Waals surface area contributed by atoms with Gasteiger partial charge in [-0.15, -0.1) is 0 Å². The number of aliphatic carboxylic acids is 1. The van der Waals surface area contributed by atoms with Crippen molar-refractivity contribution in [3.8, 4) is 11.8 Å². The predicted octanol–water partition coefficient (Wildman–Crippen LogP) is 2.98. The van der Waals surface area contributed by atoms with E-state index in [9.17, 15) is 14.7 Å². The van der Waals surface area contributed by atoms with Gasteiger partial charge in [0.2, 0.25) is 5.91 Å². The van der Waals surface area contributed by atoms with E-state index in [2.05, 4.69) is 11.8 Å². The number of carboxylic acids is 1. The normalized spacial score (nSPS) is 17.7. The van der Waals surface area contributed by atoms with Crippen LogP contribution in [-0.2, 0) is 9.59 Å². The number of carbonyl (C=O) groups excluding carboxylic acids is 1. The van der Waals surface area contributed by atoms with Crippen molar-refractivity contribution in [3.05, 3.63) is 48.0 Å². The van der Waals surface area contributed by atoms with E-state index in [4.69, 9.17) is 5.11 Å². The molecule has 1 amide bonds. The Kier molecular flexibility index (Phi) is 8.60. The zero-order valence-electron chi connectivity index (χ0n) is 15.5. The van der Waals surface area contributed by atoms with Crippen LogP contribution in [0.3, 0.4) is 0 Å². The third kappa shape index (κ3) is 7.67. The third-order valence-electron chi connectivity index (χ3n) is 4.57. The minimum atomic E-state index is -0.862. The van der Waals surface area contributed by atoms with Gasteiger partial charge in [-0.1, -0.05) is 49.0 Å². The number of aliphatic hydroxyl groups is 1. The zero-order chi connectivity index (χ0) is 19.5. The average Bonchev–Trinajstić information content (AvgIpc) is 3.01. The van der Waals surface area contributed by atoms with Crippen molar-refractivity contribution in [1.29, 1.82) is 0 Å². The first kappa shape index (κ1) is 20.7. The van der Waals surface area contributed by atoms with E-state index in [1.54, 1.807) is 6.08 Å². The molecule has 0 saturated carbocycles. The largest absolute Gasteiger partial charge is 0.481 e. The van der Waals surface area contributed by atoms with Gasteiger partial charge in [0.05, 0.1) is 6.04 Å². The Morgan fingerprint density at radius 2 is 1.96 bits per heavy atom. The first-order valence-corrected chi connectivity index (χ1v) is 9.50. The smallest absolute Gasteiger partial charge is 0.303 e. The van der Waals surface area contributed by atoms with E-state index < -0.39 is 12.1 Å². The lowest BCUT2D eigenvalue weighted by atomic mass is 10.1. The van der Waals surface area contributed by atoms with E-state index in [0.717, 1.165) is 31.2 Å². The summed E-state index contributed by atoms with van der Waals surface area (Å²) in [5, 5.41) is 18.7. The van der Waals surface area contributed by atoms with Gasteiger partial charge < -0.3 is 15.1 Å². The van der Waals surface area contributed by atoms with Crippen molar-refractivity contribution in [2.75, 3.05) is 6.54 Å². The Balaban J connectivity index is 1.78. The Morgan fingerprint density at radius 3 is 2.70 bits per heavy atom. The van der Waals surface area contributed by atoms with Crippen molar-refractivity contribution in [3.63, 3.8) is 0 Å². The Morgan fingerprint density at radius 1 is 1.22 bits per heavy atom. The molecule has 0 bridgehead atoms. The summed E-state index contributed by atoms with van der Waals surface area (Å²) in [6.07, 6.45) is 7.48. The van der Waals surface area contributed by atoms with Crippen LogP contribution in [0.1, 0.15) is 50.5 Å². The maximum absolute atomic E-state index is 12.1. The molecule has 27 heavy (non-hydrogen) atoms. The maximum atomic E-state index is 12.1. The van der Waals surface area contributed by atoms with Crippen LogP contribution in [0.5, 0.6) is 0 Å². The molecule has 1 aromatic carbocycles. The van der Waals surface area contributed by atoms with Crippen LogP contribution in [0.25, 0.3) is 0 Å². The van der Waals surface area contributed by atoms with Crippen LogP contribution in [0, 0.1) is 11.8 Å². The minimum Gasteiger partial charge on any atom is -0.481 e. The lowest BCUT2D eigenvalue weighted by molar-refractivity contribution is -0.137. The average molecular weight is 369 g/mol. The van der Waals surface area contributed by atoms with Crippen LogP contribution in [0.15, 0.2) is 42.5 Å². The van der Waals surface area contributed by atoms with Gasteiger partial charge in [-0.3, -0.25) is 9.59 Å². The number of benzene rings is 1. The van der Waals surface area contributed by atoms with Crippen LogP contribution in [-0.4, -0.2) is 45.7 Å². The lowest BCUT2D eigenvalue weighted by Crippen LogP contribution is -2.32. The number of likely N-dealkylation sites (tertiary alicyclic amines) is 1. The van der Waals surface area contributed by atoms with Gasteiger partial charge in [-0.05, 0) is 37.5 Å². The van der Waals surface area contributed by atoms with Crippen molar-refractivity contribution < 1.29 is 19.8 Å². The second kappa shape index (κ2) is 11.2. The first-order valence-electron chi connectivity index (χ1n) is 9.50. The fourth-order valence-corrected chi connectivity index (χ4v) is 3.12. The molecule has 1 aliphatic heterocycles. The highest BCUT2D eigenvalue weighted by Gasteiger charge is 2.28. The first-order chi connectivity index (χ1) is 13.1. The summed E-state index contributed by atoms with van der Waals surface area (Å²) >= 11 is 0. The molecule has 1 aromatic rings. The molecule has 2 atom stereocenters. The summed E-state index contributed by atoms with van der Waals surface area (Å²) < 4.78 is 0. The van der Waals surface area contributed by atoms with Gasteiger partial charge >= 0.3 is 5.97 Å². The third-order valence-corrected chi connectivity index (χ3v) is 4.57. The number of carboxylic acid groups (broad SMARTS) is 1. The quantitative estimate of drug-likeness (QED) is 0.398. The molecule has 0 unspecified atom stereocenters. The summed E-state index contributed by atoms with van der Waals surface area (Å²) in [5.41, 5.74) is 0.852. The van der Waals surface area contributed by atoms with E-state index >= 15 is 0 Å². The van der Waals surface area contributed by atoms with E-state index in [0.29, 0.717) is 19.4 Å². The summed E-state index contributed by atoms with van der Waals surface area (Å²) in [6, 6.07) is 9.49. The SMILES string of the molecule is O=C(O)CCCCCCN1C(=O)CC[C@@H]1/C=C/[C@@H](O)C#Cc1ccccc1. The van der Waals surface area contributed by atoms with Crippen molar-refractivity contribution in [1.82, 2.24) is 4.90 Å². The summed E-state index contributed by atoms with van der Waals surface area (Å²) in [6.45, 7) is 0.673. The standard InChI is InChI=1S/C22H27NO4/c24-20(14-11-18-8-4-3-5-9-18)15-12-19-13-16-21(25)23(19)17-7-2-1-6-10-22(26)27/h3-5,8-9,12,15,19-20,24H,1-2,6-7,10,13,16-17H2,(H,26,27)/b15-12+/t19-,20-/m0/s1. The van der Waals surface area contributed by atoms with Crippen LogP contribution >= 0.6 is 0 Å². The van der Waals surface area contributed by atoms with E-state index in [1.807, 2.05) is 41.3 Å². The highest BCUT2D eigenvalue weighted by Crippen LogP contribution is 2.21. The molecule has 0 aliphatic carbocycles. The predicted molar refractivity (Wildman–Crippen MR) is 104 cm³/mol. The van der Waals surface area contributed by atoms with Gasteiger partial charge in [-0.25, -0.2) is 0 Å². The lowest BCUT2D eigenvalue weighted by Gasteiger charge is -2.22. The molecule has 1 fully saturated rings. The summed E-state index contributed by atoms with van der Waals surface area (Å²) in [7, 11) is 0. The molecule has 144 valence electrons. The van der Waals surface area contributed by atoms with Gasteiger partial charge in [0.15, 0.2) is 0 Å². The number of hydrogen-bond donors (Lipinski definition) is 2. The molecule has 5 nitrogen and oxygen atoms in total. The van der Waals surface area contributed by atoms with Crippen molar-refractivity contribution >= 4 is 11.9 Å². The number of rotatable bonds is 9. The number of carbonyl (C=O) groups is 2.